The van der Waals surface area contributed by atoms with Gasteiger partial charge in [0, 0.05) is 24.7 Å². The zero-order chi connectivity index (χ0) is 14.8. The first-order valence-electron chi connectivity index (χ1n) is 7.91. The summed E-state index contributed by atoms with van der Waals surface area (Å²) in [5.41, 5.74) is 0.650. The highest BCUT2D eigenvalue weighted by Crippen LogP contribution is 2.37. The number of amides is 1. The SMILES string of the molecule is CCNc1cc(C(=O)N2CCC3CCCCC32)cc(Cl)n1. The summed E-state index contributed by atoms with van der Waals surface area (Å²) in [5, 5.41) is 3.50. The fraction of sp³-hybridized carbons (Fsp3) is 0.625. The van der Waals surface area contributed by atoms with Crippen molar-refractivity contribution in [2.45, 2.75) is 45.1 Å². The van der Waals surface area contributed by atoms with Crippen LogP contribution in [0.3, 0.4) is 0 Å². The third-order valence-corrected chi connectivity index (χ3v) is 4.86. The van der Waals surface area contributed by atoms with Crippen LogP contribution in [-0.2, 0) is 0 Å². The molecule has 1 aromatic heterocycles. The molecule has 0 aromatic carbocycles. The zero-order valence-corrected chi connectivity index (χ0v) is 13.2. The fourth-order valence-electron chi connectivity index (χ4n) is 3.72. The topological polar surface area (TPSA) is 45.2 Å². The van der Waals surface area contributed by atoms with Crippen LogP contribution in [-0.4, -0.2) is 34.9 Å². The first-order chi connectivity index (χ1) is 10.2. The zero-order valence-electron chi connectivity index (χ0n) is 12.4. The lowest BCUT2D eigenvalue weighted by Crippen LogP contribution is -2.39. The summed E-state index contributed by atoms with van der Waals surface area (Å²) in [6.07, 6.45) is 6.12. The molecule has 1 aliphatic carbocycles. The average molecular weight is 308 g/mol. The number of anilines is 1. The number of nitrogens with one attached hydrogen (secondary N) is 1. The monoisotopic (exact) mass is 307 g/mol. The molecule has 2 atom stereocenters. The van der Waals surface area contributed by atoms with Crippen molar-refractivity contribution in [3.63, 3.8) is 0 Å². The Hall–Kier alpha value is -1.29. The van der Waals surface area contributed by atoms with Crippen LogP contribution in [0.15, 0.2) is 12.1 Å². The van der Waals surface area contributed by atoms with Crippen molar-refractivity contribution in [1.82, 2.24) is 9.88 Å². The molecule has 2 unspecified atom stereocenters. The van der Waals surface area contributed by atoms with Gasteiger partial charge in [-0.2, -0.15) is 0 Å². The number of halogens is 1. The number of hydrogen-bond donors (Lipinski definition) is 1. The molecule has 4 nitrogen and oxygen atoms in total. The van der Waals surface area contributed by atoms with Crippen LogP contribution in [0.2, 0.25) is 5.15 Å². The van der Waals surface area contributed by atoms with E-state index in [0.717, 1.165) is 25.9 Å². The lowest BCUT2D eigenvalue weighted by Gasteiger charge is -2.31. The van der Waals surface area contributed by atoms with Crippen LogP contribution >= 0.6 is 11.6 Å². The highest BCUT2D eigenvalue weighted by Gasteiger charge is 2.38. The molecule has 1 aliphatic heterocycles. The van der Waals surface area contributed by atoms with E-state index in [-0.39, 0.29) is 5.91 Å². The van der Waals surface area contributed by atoms with Gasteiger partial charge in [0.2, 0.25) is 0 Å². The summed E-state index contributed by atoms with van der Waals surface area (Å²) in [4.78, 5) is 19.1. The molecule has 1 amide bonds. The third kappa shape index (κ3) is 3.00. The number of nitrogens with zero attached hydrogens (tertiary/aromatic N) is 2. The molecule has 1 aromatic rings. The Morgan fingerprint density at radius 2 is 2.19 bits per heavy atom. The Balaban J connectivity index is 1.81. The lowest BCUT2D eigenvalue weighted by atomic mass is 9.85. The first kappa shape index (κ1) is 14.6. The van der Waals surface area contributed by atoms with Crippen LogP contribution in [0.5, 0.6) is 0 Å². The molecule has 0 bridgehead atoms. The first-order valence-corrected chi connectivity index (χ1v) is 8.29. The molecule has 1 saturated heterocycles. The van der Waals surface area contributed by atoms with Crippen molar-refractivity contribution in [3.05, 3.63) is 22.8 Å². The van der Waals surface area contributed by atoms with Gasteiger partial charge in [0.25, 0.3) is 5.91 Å². The Kier molecular flexibility index (Phi) is 4.34. The van der Waals surface area contributed by atoms with E-state index >= 15 is 0 Å². The standard InChI is InChI=1S/C16H22ClN3O/c1-2-18-15-10-12(9-14(17)19-15)16(21)20-8-7-11-5-3-4-6-13(11)20/h9-11,13H,2-8H2,1H3,(H,18,19). The van der Waals surface area contributed by atoms with Crippen LogP contribution < -0.4 is 5.32 Å². The van der Waals surface area contributed by atoms with E-state index in [0.29, 0.717) is 28.5 Å². The number of rotatable bonds is 3. The Bertz CT molecular complexity index is 534. The van der Waals surface area contributed by atoms with Crippen LogP contribution in [0.4, 0.5) is 5.82 Å². The minimum Gasteiger partial charge on any atom is -0.370 e. The molecule has 5 heteroatoms. The molecular formula is C16H22ClN3O. The maximum absolute atomic E-state index is 12.8. The number of carbonyl (C=O) groups excluding carboxylic acids is 1. The van der Waals surface area contributed by atoms with Gasteiger partial charge >= 0.3 is 0 Å². The molecule has 3 rings (SSSR count). The van der Waals surface area contributed by atoms with Crippen molar-refractivity contribution < 1.29 is 4.79 Å². The highest BCUT2D eigenvalue weighted by molar-refractivity contribution is 6.29. The van der Waals surface area contributed by atoms with Gasteiger partial charge in [-0.3, -0.25) is 4.79 Å². The Morgan fingerprint density at radius 1 is 1.38 bits per heavy atom. The summed E-state index contributed by atoms with van der Waals surface area (Å²) in [6, 6.07) is 3.93. The van der Waals surface area contributed by atoms with E-state index in [9.17, 15) is 4.79 Å². The molecule has 0 spiro atoms. The van der Waals surface area contributed by atoms with Crippen molar-refractivity contribution in [2.75, 3.05) is 18.4 Å². The second kappa shape index (κ2) is 6.22. The number of hydrogen-bond acceptors (Lipinski definition) is 3. The predicted octanol–water partition coefficient (Wildman–Crippen LogP) is 3.57. The molecule has 2 heterocycles. The smallest absolute Gasteiger partial charge is 0.254 e. The molecule has 114 valence electrons. The minimum absolute atomic E-state index is 0.104. The van der Waals surface area contributed by atoms with E-state index in [1.165, 1.54) is 19.3 Å². The van der Waals surface area contributed by atoms with Crippen LogP contribution in [0, 0.1) is 5.92 Å². The van der Waals surface area contributed by atoms with Crippen LogP contribution in [0.1, 0.15) is 49.4 Å². The summed E-state index contributed by atoms with van der Waals surface area (Å²) in [5.74, 6) is 1.48. The summed E-state index contributed by atoms with van der Waals surface area (Å²) < 4.78 is 0. The van der Waals surface area contributed by atoms with Gasteiger partial charge in [-0.1, -0.05) is 24.4 Å². The van der Waals surface area contributed by atoms with Crippen molar-refractivity contribution in [2.24, 2.45) is 5.92 Å². The van der Waals surface area contributed by atoms with E-state index < -0.39 is 0 Å². The van der Waals surface area contributed by atoms with E-state index in [1.807, 2.05) is 13.0 Å². The minimum atomic E-state index is 0.104. The lowest BCUT2D eigenvalue weighted by molar-refractivity contribution is 0.0690. The molecule has 2 fully saturated rings. The van der Waals surface area contributed by atoms with E-state index in [4.69, 9.17) is 11.6 Å². The number of pyridine rings is 1. The second-order valence-electron chi connectivity index (χ2n) is 5.99. The Labute approximate surface area is 130 Å². The molecule has 1 saturated carbocycles. The predicted molar refractivity (Wildman–Crippen MR) is 84.8 cm³/mol. The van der Waals surface area contributed by atoms with Gasteiger partial charge in [-0.25, -0.2) is 4.98 Å². The average Bonchev–Trinajstić information content (AvgIpc) is 2.90. The number of likely N-dealkylation sites (tertiary alicyclic amines) is 1. The van der Waals surface area contributed by atoms with E-state index in [2.05, 4.69) is 15.2 Å². The van der Waals surface area contributed by atoms with Gasteiger partial charge in [0.1, 0.15) is 11.0 Å². The maximum atomic E-state index is 12.8. The van der Waals surface area contributed by atoms with Crippen LogP contribution in [0.25, 0.3) is 0 Å². The maximum Gasteiger partial charge on any atom is 0.254 e. The van der Waals surface area contributed by atoms with Gasteiger partial charge in [0.05, 0.1) is 0 Å². The largest absolute Gasteiger partial charge is 0.370 e. The molecule has 2 aliphatic rings. The normalized spacial score (nSPS) is 24.8. The number of aromatic nitrogens is 1. The number of carbonyl (C=O) groups is 1. The van der Waals surface area contributed by atoms with Crippen molar-refractivity contribution in [3.8, 4) is 0 Å². The van der Waals surface area contributed by atoms with E-state index in [1.54, 1.807) is 6.07 Å². The Morgan fingerprint density at radius 3 is 3.00 bits per heavy atom. The van der Waals surface area contributed by atoms with Gasteiger partial charge in [-0.15, -0.1) is 0 Å². The van der Waals surface area contributed by atoms with Crippen molar-refractivity contribution >= 4 is 23.3 Å². The molecule has 0 radical (unpaired) electrons. The molecule has 21 heavy (non-hydrogen) atoms. The highest BCUT2D eigenvalue weighted by atomic mass is 35.5. The molecular weight excluding hydrogens is 286 g/mol. The number of fused-ring (bicyclic) bond motifs is 1. The summed E-state index contributed by atoms with van der Waals surface area (Å²) in [6.45, 7) is 3.64. The van der Waals surface area contributed by atoms with Gasteiger partial charge < -0.3 is 10.2 Å². The van der Waals surface area contributed by atoms with Gasteiger partial charge in [-0.05, 0) is 44.2 Å². The molecule has 1 N–H and O–H groups in total. The fourth-order valence-corrected chi connectivity index (χ4v) is 3.92. The quantitative estimate of drug-likeness (QED) is 0.868. The third-order valence-electron chi connectivity index (χ3n) is 4.67. The summed E-state index contributed by atoms with van der Waals surface area (Å²) in [7, 11) is 0. The second-order valence-corrected chi connectivity index (χ2v) is 6.38. The van der Waals surface area contributed by atoms with Gasteiger partial charge in [0.15, 0.2) is 0 Å². The summed E-state index contributed by atoms with van der Waals surface area (Å²) >= 11 is 6.05. The van der Waals surface area contributed by atoms with Crippen molar-refractivity contribution in [1.29, 1.82) is 0 Å².